The van der Waals surface area contributed by atoms with E-state index >= 15 is 0 Å². The third-order valence-corrected chi connectivity index (χ3v) is 3.87. The van der Waals surface area contributed by atoms with Crippen LogP contribution in [-0.4, -0.2) is 33.8 Å². The molecule has 5 nitrogen and oxygen atoms in total. The lowest BCUT2D eigenvalue weighted by molar-refractivity contribution is 0.179. The number of fused-ring (bicyclic) bond motifs is 1. The Labute approximate surface area is 123 Å². The van der Waals surface area contributed by atoms with Crippen LogP contribution in [0.25, 0.3) is 10.2 Å². The maximum absolute atomic E-state index is 9.47. The molecule has 110 valence electrons. The Bertz CT molecular complexity index is 582. The van der Waals surface area contributed by atoms with Crippen molar-refractivity contribution in [3.8, 4) is 0 Å². The van der Waals surface area contributed by atoms with E-state index in [2.05, 4.69) is 33.6 Å². The molecule has 2 aromatic rings. The fourth-order valence-corrected chi connectivity index (χ4v) is 3.07. The van der Waals surface area contributed by atoms with E-state index in [1.807, 2.05) is 13.8 Å². The van der Waals surface area contributed by atoms with Gasteiger partial charge in [0.05, 0.1) is 11.5 Å². The van der Waals surface area contributed by atoms with Gasteiger partial charge in [-0.1, -0.05) is 0 Å². The number of aliphatic hydroxyl groups excluding tert-OH is 1. The molecule has 2 aromatic heterocycles. The molecule has 0 saturated heterocycles. The van der Waals surface area contributed by atoms with Gasteiger partial charge in [-0.25, -0.2) is 4.98 Å². The highest BCUT2D eigenvalue weighted by Gasteiger charge is 2.13. The summed E-state index contributed by atoms with van der Waals surface area (Å²) >= 11 is 1.67. The van der Waals surface area contributed by atoms with E-state index in [0.29, 0.717) is 12.4 Å². The van der Waals surface area contributed by atoms with Gasteiger partial charge >= 0.3 is 0 Å². The van der Waals surface area contributed by atoms with Crippen LogP contribution in [0.4, 0.5) is 11.8 Å². The molecule has 0 aliphatic heterocycles. The molecule has 2 heterocycles. The summed E-state index contributed by atoms with van der Waals surface area (Å²) in [4.78, 5) is 11.3. The van der Waals surface area contributed by atoms with Crippen molar-refractivity contribution >= 4 is 33.3 Å². The van der Waals surface area contributed by atoms with Crippen LogP contribution in [-0.2, 0) is 0 Å². The second-order valence-electron chi connectivity index (χ2n) is 5.13. The molecule has 0 aromatic carbocycles. The smallest absolute Gasteiger partial charge is 0.226 e. The van der Waals surface area contributed by atoms with Gasteiger partial charge in [0.2, 0.25) is 5.95 Å². The SMILES string of the molecule is CCNc1nc(NC(C)CC(C)O)c2cc(C)sc2n1. The van der Waals surface area contributed by atoms with Gasteiger partial charge in [0, 0.05) is 17.5 Å². The molecule has 2 atom stereocenters. The number of nitrogens with zero attached hydrogens (tertiary/aromatic N) is 2. The summed E-state index contributed by atoms with van der Waals surface area (Å²) in [6, 6.07) is 2.26. The normalized spacial score (nSPS) is 14.2. The summed E-state index contributed by atoms with van der Waals surface area (Å²) in [6.45, 7) is 8.73. The highest BCUT2D eigenvalue weighted by Crippen LogP contribution is 2.30. The Morgan fingerprint density at radius 2 is 2.10 bits per heavy atom. The minimum absolute atomic E-state index is 0.155. The van der Waals surface area contributed by atoms with Crippen LogP contribution in [0, 0.1) is 6.92 Å². The van der Waals surface area contributed by atoms with Crippen molar-refractivity contribution in [1.29, 1.82) is 0 Å². The summed E-state index contributed by atoms with van der Waals surface area (Å²) < 4.78 is 0. The minimum Gasteiger partial charge on any atom is -0.393 e. The van der Waals surface area contributed by atoms with Gasteiger partial charge in [0.1, 0.15) is 10.6 Å². The van der Waals surface area contributed by atoms with E-state index in [1.165, 1.54) is 4.88 Å². The van der Waals surface area contributed by atoms with E-state index in [-0.39, 0.29) is 12.1 Å². The molecule has 0 aliphatic rings. The predicted octanol–water partition coefficient (Wildman–Crippen LogP) is 3.00. The fraction of sp³-hybridized carbons (Fsp3) is 0.571. The first-order valence-electron chi connectivity index (χ1n) is 6.96. The van der Waals surface area contributed by atoms with Crippen molar-refractivity contribution in [1.82, 2.24) is 9.97 Å². The van der Waals surface area contributed by atoms with Gasteiger partial charge < -0.3 is 15.7 Å². The zero-order chi connectivity index (χ0) is 14.7. The standard InChI is InChI=1S/C14H22N4OS/c1-5-15-14-17-12(16-8(2)6-9(3)19)11-7-10(4)20-13(11)18-14/h7-9,19H,5-6H2,1-4H3,(H2,15,16,17,18). The van der Waals surface area contributed by atoms with Gasteiger partial charge in [-0.05, 0) is 40.2 Å². The average molecular weight is 294 g/mol. The van der Waals surface area contributed by atoms with Crippen LogP contribution in [0.2, 0.25) is 0 Å². The highest BCUT2D eigenvalue weighted by molar-refractivity contribution is 7.18. The Morgan fingerprint density at radius 3 is 2.75 bits per heavy atom. The van der Waals surface area contributed by atoms with Crippen molar-refractivity contribution < 1.29 is 5.11 Å². The van der Waals surface area contributed by atoms with Gasteiger partial charge in [-0.3, -0.25) is 0 Å². The van der Waals surface area contributed by atoms with Crippen molar-refractivity contribution in [2.45, 2.75) is 46.3 Å². The number of aromatic nitrogens is 2. The lowest BCUT2D eigenvalue weighted by Crippen LogP contribution is -2.21. The second kappa shape index (κ2) is 6.37. The molecule has 0 aliphatic carbocycles. The molecule has 2 unspecified atom stereocenters. The average Bonchev–Trinajstić information content (AvgIpc) is 2.69. The van der Waals surface area contributed by atoms with Crippen molar-refractivity contribution in [3.05, 3.63) is 10.9 Å². The molecule has 0 spiro atoms. The number of hydrogen-bond donors (Lipinski definition) is 3. The van der Waals surface area contributed by atoms with Crippen LogP contribution < -0.4 is 10.6 Å². The molecule has 0 radical (unpaired) electrons. The van der Waals surface area contributed by atoms with Crippen LogP contribution in [0.15, 0.2) is 6.07 Å². The number of anilines is 2. The van der Waals surface area contributed by atoms with Crippen molar-refractivity contribution in [2.24, 2.45) is 0 Å². The lowest BCUT2D eigenvalue weighted by atomic mass is 10.1. The first kappa shape index (κ1) is 15.0. The monoisotopic (exact) mass is 294 g/mol. The Hall–Kier alpha value is -1.40. The Balaban J connectivity index is 2.33. The Morgan fingerprint density at radius 1 is 1.35 bits per heavy atom. The van der Waals surface area contributed by atoms with Crippen LogP contribution >= 0.6 is 11.3 Å². The third-order valence-electron chi connectivity index (χ3n) is 2.93. The third kappa shape index (κ3) is 3.58. The molecular formula is C14H22N4OS. The number of rotatable bonds is 6. The molecular weight excluding hydrogens is 272 g/mol. The number of hydrogen-bond acceptors (Lipinski definition) is 6. The quantitative estimate of drug-likeness (QED) is 0.764. The Kier molecular flexibility index (Phi) is 4.77. The van der Waals surface area contributed by atoms with Crippen molar-refractivity contribution in [2.75, 3.05) is 17.2 Å². The first-order valence-corrected chi connectivity index (χ1v) is 7.78. The molecule has 6 heteroatoms. The zero-order valence-electron chi connectivity index (χ0n) is 12.4. The molecule has 2 rings (SSSR count). The molecule has 0 fully saturated rings. The predicted molar refractivity (Wildman–Crippen MR) is 85.7 cm³/mol. The molecule has 0 amide bonds. The summed E-state index contributed by atoms with van der Waals surface area (Å²) in [5.41, 5.74) is 0. The highest BCUT2D eigenvalue weighted by atomic mass is 32.1. The molecule has 20 heavy (non-hydrogen) atoms. The van der Waals surface area contributed by atoms with Crippen LogP contribution in [0.1, 0.15) is 32.1 Å². The van der Waals surface area contributed by atoms with Crippen LogP contribution in [0.3, 0.4) is 0 Å². The van der Waals surface area contributed by atoms with E-state index in [1.54, 1.807) is 18.3 Å². The maximum atomic E-state index is 9.47. The number of aliphatic hydroxyl groups is 1. The van der Waals surface area contributed by atoms with E-state index in [9.17, 15) is 5.11 Å². The minimum atomic E-state index is -0.327. The summed E-state index contributed by atoms with van der Waals surface area (Å²) in [6.07, 6.45) is 0.359. The lowest BCUT2D eigenvalue weighted by Gasteiger charge is -2.17. The van der Waals surface area contributed by atoms with E-state index in [4.69, 9.17) is 0 Å². The summed E-state index contributed by atoms with van der Waals surface area (Å²) in [5, 5.41) is 17.1. The maximum Gasteiger partial charge on any atom is 0.226 e. The second-order valence-corrected chi connectivity index (χ2v) is 6.37. The number of aryl methyl sites for hydroxylation is 1. The van der Waals surface area contributed by atoms with Gasteiger partial charge in [-0.2, -0.15) is 4.98 Å². The zero-order valence-corrected chi connectivity index (χ0v) is 13.2. The van der Waals surface area contributed by atoms with Crippen molar-refractivity contribution in [3.63, 3.8) is 0 Å². The molecule has 0 saturated carbocycles. The van der Waals surface area contributed by atoms with E-state index < -0.39 is 0 Å². The number of nitrogens with one attached hydrogen (secondary N) is 2. The first-order chi connectivity index (χ1) is 9.49. The summed E-state index contributed by atoms with van der Waals surface area (Å²) in [7, 11) is 0. The number of thiophene rings is 1. The summed E-state index contributed by atoms with van der Waals surface area (Å²) in [5.74, 6) is 1.48. The van der Waals surface area contributed by atoms with Gasteiger partial charge in [0.25, 0.3) is 0 Å². The van der Waals surface area contributed by atoms with E-state index in [0.717, 1.165) is 22.6 Å². The van der Waals surface area contributed by atoms with Gasteiger partial charge in [-0.15, -0.1) is 11.3 Å². The van der Waals surface area contributed by atoms with Gasteiger partial charge in [0.15, 0.2) is 0 Å². The molecule has 3 N–H and O–H groups in total. The largest absolute Gasteiger partial charge is 0.393 e. The fourth-order valence-electron chi connectivity index (χ4n) is 2.19. The topological polar surface area (TPSA) is 70.1 Å². The molecule has 0 bridgehead atoms. The van der Waals surface area contributed by atoms with Crippen LogP contribution in [0.5, 0.6) is 0 Å².